The van der Waals surface area contributed by atoms with Gasteiger partial charge in [0.2, 0.25) is 0 Å². The Bertz CT molecular complexity index is 1440. The molecule has 36 heavy (non-hydrogen) atoms. The Morgan fingerprint density at radius 1 is 0.833 bits per heavy atom. The molecule has 7 heteroatoms. The van der Waals surface area contributed by atoms with Crippen LogP contribution < -0.4 is 5.43 Å². The van der Waals surface area contributed by atoms with Crippen LogP contribution in [0.4, 0.5) is 0 Å². The number of carbonyl (C=O) groups is 2. The molecule has 184 valence electrons. The van der Waals surface area contributed by atoms with Crippen LogP contribution in [0.1, 0.15) is 56.0 Å². The first kappa shape index (κ1) is 24.7. The van der Waals surface area contributed by atoms with Crippen molar-refractivity contribution in [2.45, 2.75) is 34.6 Å². The molecule has 0 aliphatic heterocycles. The van der Waals surface area contributed by atoms with E-state index in [-0.39, 0.29) is 11.9 Å². The van der Waals surface area contributed by atoms with Crippen LogP contribution in [0.2, 0.25) is 0 Å². The van der Waals surface area contributed by atoms with E-state index in [2.05, 4.69) is 27.2 Å². The van der Waals surface area contributed by atoms with E-state index in [9.17, 15) is 9.59 Å². The number of ether oxygens (including phenoxy) is 1. The normalized spacial score (nSPS) is 11.1. The molecule has 0 fully saturated rings. The van der Waals surface area contributed by atoms with Gasteiger partial charge < -0.3 is 13.9 Å². The van der Waals surface area contributed by atoms with Crippen molar-refractivity contribution in [3.8, 4) is 11.4 Å². The average Bonchev–Trinajstić information content (AvgIpc) is 3.35. The second kappa shape index (κ2) is 10.5. The highest BCUT2D eigenvalue weighted by molar-refractivity contribution is 5.95. The van der Waals surface area contributed by atoms with Crippen molar-refractivity contribution >= 4 is 18.1 Å². The van der Waals surface area contributed by atoms with E-state index in [0.717, 1.165) is 39.7 Å². The fraction of sp³-hybridized carbons (Fsp3) is 0.207. The Labute approximate surface area is 211 Å². The number of rotatable bonds is 7. The first-order valence-electron chi connectivity index (χ1n) is 11.9. The molecule has 0 atom stereocenters. The second-order valence-electron chi connectivity index (χ2n) is 8.63. The van der Waals surface area contributed by atoms with E-state index in [1.165, 1.54) is 0 Å². The molecule has 0 unspecified atom stereocenters. The average molecular weight is 483 g/mol. The lowest BCUT2D eigenvalue weighted by Gasteiger charge is -2.11. The number of benzene rings is 2. The van der Waals surface area contributed by atoms with Crippen LogP contribution in [0.3, 0.4) is 0 Å². The molecular formula is C29H30N4O3. The van der Waals surface area contributed by atoms with Crippen molar-refractivity contribution in [1.29, 1.82) is 0 Å². The van der Waals surface area contributed by atoms with Gasteiger partial charge >= 0.3 is 5.97 Å². The monoisotopic (exact) mass is 482 g/mol. The maximum atomic E-state index is 12.8. The van der Waals surface area contributed by atoms with Crippen LogP contribution >= 0.6 is 0 Å². The van der Waals surface area contributed by atoms with Crippen LogP contribution in [0, 0.1) is 27.7 Å². The fourth-order valence-electron chi connectivity index (χ4n) is 4.39. The SMILES string of the molecule is CCOC(=O)c1cccc(-n2c(C)cc(/C=N\NC(=O)c3cccc(-n4c(C)ccc4C)c3)c2C)c1. The molecule has 4 aromatic rings. The Kier molecular flexibility index (Phi) is 7.20. The second-order valence-corrected chi connectivity index (χ2v) is 8.63. The number of nitrogens with one attached hydrogen (secondary N) is 1. The Hall–Kier alpha value is -4.39. The van der Waals surface area contributed by atoms with Crippen molar-refractivity contribution in [3.63, 3.8) is 0 Å². The summed E-state index contributed by atoms with van der Waals surface area (Å²) in [7, 11) is 0. The number of carbonyl (C=O) groups excluding carboxylic acids is 2. The van der Waals surface area contributed by atoms with Crippen LogP contribution in [0.5, 0.6) is 0 Å². The van der Waals surface area contributed by atoms with Gasteiger partial charge in [-0.1, -0.05) is 12.1 Å². The minimum atomic E-state index is -0.350. The summed E-state index contributed by atoms with van der Waals surface area (Å²) < 4.78 is 9.27. The van der Waals surface area contributed by atoms with Crippen molar-refractivity contribution < 1.29 is 14.3 Å². The summed E-state index contributed by atoms with van der Waals surface area (Å²) in [6, 6.07) is 20.9. The number of amides is 1. The number of aryl methyl sites for hydroxylation is 3. The van der Waals surface area contributed by atoms with Gasteiger partial charge in [0.15, 0.2) is 0 Å². The molecule has 0 saturated heterocycles. The minimum Gasteiger partial charge on any atom is -0.462 e. The lowest BCUT2D eigenvalue weighted by atomic mass is 10.2. The van der Waals surface area contributed by atoms with Gasteiger partial charge in [-0.15, -0.1) is 0 Å². The summed E-state index contributed by atoms with van der Waals surface area (Å²) >= 11 is 0. The lowest BCUT2D eigenvalue weighted by molar-refractivity contribution is 0.0526. The molecule has 0 saturated carbocycles. The summed E-state index contributed by atoms with van der Waals surface area (Å²) in [5, 5.41) is 4.21. The van der Waals surface area contributed by atoms with Crippen LogP contribution in [0.25, 0.3) is 11.4 Å². The van der Waals surface area contributed by atoms with Crippen molar-refractivity contribution in [3.05, 3.63) is 106 Å². The van der Waals surface area contributed by atoms with Crippen LogP contribution in [-0.2, 0) is 4.74 Å². The van der Waals surface area contributed by atoms with E-state index in [1.807, 2.05) is 74.7 Å². The highest BCUT2D eigenvalue weighted by atomic mass is 16.5. The number of hydrogen-bond acceptors (Lipinski definition) is 4. The summed E-state index contributed by atoms with van der Waals surface area (Å²) in [5.74, 6) is -0.635. The summed E-state index contributed by atoms with van der Waals surface area (Å²) in [6.45, 7) is 10.1. The topological polar surface area (TPSA) is 77.6 Å². The molecule has 1 N–H and O–H groups in total. The van der Waals surface area contributed by atoms with E-state index in [0.29, 0.717) is 17.7 Å². The highest BCUT2D eigenvalue weighted by Crippen LogP contribution is 2.21. The maximum absolute atomic E-state index is 12.8. The van der Waals surface area contributed by atoms with Gasteiger partial charge in [-0.05, 0) is 89.2 Å². The first-order chi connectivity index (χ1) is 17.3. The van der Waals surface area contributed by atoms with Gasteiger partial charge in [0, 0.05) is 45.3 Å². The molecule has 4 rings (SSSR count). The zero-order chi connectivity index (χ0) is 25.8. The third kappa shape index (κ3) is 5.00. The van der Waals surface area contributed by atoms with Gasteiger partial charge in [-0.3, -0.25) is 4.79 Å². The Balaban J connectivity index is 1.52. The molecule has 2 aromatic carbocycles. The number of nitrogens with zero attached hydrogens (tertiary/aromatic N) is 3. The molecule has 2 heterocycles. The summed E-state index contributed by atoms with van der Waals surface area (Å²) in [4.78, 5) is 24.9. The molecule has 0 radical (unpaired) electrons. The Morgan fingerprint density at radius 3 is 2.11 bits per heavy atom. The molecule has 7 nitrogen and oxygen atoms in total. The number of aromatic nitrogens is 2. The maximum Gasteiger partial charge on any atom is 0.338 e. The van der Waals surface area contributed by atoms with E-state index in [1.54, 1.807) is 25.3 Å². The molecule has 0 aliphatic rings. The third-order valence-corrected chi connectivity index (χ3v) is 6.09. The number of hydrogen-bond donors (Lipinski definition) is 1. The van der Waals surface area contributed by atoms with Crippen molar-refractivity contribution in [2.75, 3.05) is 6.61 Å². The standard InChI is InChI=1S/C29H30N4O3/c1-6-36-29(35)24-10-8-12-27(17-24)33-21(4)15-25(22(33)5)18-30-31-28(34)23-9-7-11-26(16-23)32-19(2)13-14-20(32)3/h7-18H,6H2,1-5H3,(H,31,34)/b30-18-. The van der Waals surface area contributed by atoms with Gasteiger partial charge in [0.05, 0.1) is 18.4 Å². The quantitative estimate of drug-likeness (QED) is 0.216. The molecule has 1 amide bonds. The fourth-order valence-corrected chi connectivity index (χ4v) is 4.39. The van der Waals surface area contributed by atoms with Crippen molar-refractivity contribution in [2.24, 2.45) is 5.10 Å². The lowest BCUT2D eigenvalue weighted by Crippen LogP contribution is -2.18. The highest BCUT2D eigenvalue weighted by Gasteiger charge is 2.13. The van der Waals surface area contributed by atoms with E-state index < -0.39 is 0 Å². The smallest absolute Gasteiger partial charge is 0.338 e. The zero-order valence-electron chi connectivity index (χ0n) is 21.2. The third-order valence-electron chi connectivity index (χ3n) is 6.09. The van der Waals surface area contributed by atoms with Gasteiger partial charge in [-0.25, -0.2) is 10.2 Å². The largest absolute Gasteiger partial charge is 0.462 e. The van der Waals surface area contributed by atoms with Crippen LogP contribution in [-0.4, -0.2) is 33.8 Å². The summed E-state index contributed by atoms with van der Waals surface area (Å²) in [6.07, 6.45) is 1.63. The van der Waals surface area contributed by atoms with Crippen molar-refractivity contribution in [1.82, 2.24) is 14.6 Å². The number of esters is 1. The van der Waals surface area contributed by atoms with Crippen LogP contribution in [0.15, 0.2) is 71.8 Å². The zero-order valence-corrected chi connectivity index (χ0v) is 21.2. The molecule has 0 bridgehead atoms. The van der Waals surface area contributed by atoms with Gasteiger partial charge in [0.25, 0.3) is 5.91 Å². The van der Waals surface area contributed by atoms with Gasteiger partial charge in [-0.2, -0.15) is 5.10 Å². The minimum absolute atomic E-state index is 0.286. The molecule has 0 spiro atoms. The predicted octanol–water partition coefficient (Wildman–Crippen LogP) is 5.44. The van der Waals surface area contributed by atoms with E-state index >= 15 is 0 Å². The number of hydrazone groups is 1. The molecular weight excluding hydrogens is 452 g/mol. The molecule has 2 aromatic heterocycles. The molecule has 0 aliphatic carbocycles. The Morgan fingerprint density at radius 2 is 1.44 bits per heavy atom. The predicted molar refractivity (Wildman–Crippen MR) is 142 cm³/mol. The van der Waals surface area contributed by atoms with Gasteiger partial charge in [0.1, 0.15) is 0 Å². The summed E-state index contributed by atoms with van der Waals surface area (Å²) in [5.41, 5.74) is 10.4. The van der Waals surface area contributed by atoms with E-state index in [4.69, 9.17) is 4.74 Å². The first-order valence-corrected chi connectivity index (χ1v) is 11.9.